The van der Waals surface area contributed by atoms with Gasteiger partial charge in [0.1, 0.15) is 5.82 Å². The Kier molecular flexibility index (Phi) is 6.80. The normalized spacial score (nSPS) is 19.5. The molecule has 2 atom stereocenters. The van der Waals surface area contributed by atoms with Crippen LogP contribution in [0.2, 0.25) is 0 Å². The van der Waals surface area contributed by atoms with Gasteiger partial charge in [-0.25, -0.2) is 14.9 Å². The number of amides is 1. The quantitative estimate of drug-likeness (QED) is 0.289. The van der Waals surface area contributed by atoms with Crippen LogP contribution in [0, 0.1) is 11.7 Å². The number of benzene rings is 2. The SMILES string of the molecule is CN(N)/C=C(\N)C1CC1c1c(C=O)cnn1-c1cccc(-c2cc(F)cc(C(=O)N3CCCCC3)c2)c1. The number of nitrogens with two attached hydrogens (primary N) is 2. The van der Waals surface area contributed by atoms with Gasteiger partial charge in [0.05, 0.1) is 23.1 Å². The summed E-state index contributed by atoms with van der Waals surface area (Å²) in [5.41, 5.74) is 10.6. The zero-order valence-electron chi connectivity index (χ0n) is 20.8. The Bertz CT molecular complexity index is 1360. The number of rotatable bonds is 7. The van der Waals surface area contributed by atoms with Crippen molar-refractivity contribution in [2.75, 3.05) is 20.1 Å². The molecule has 1 aromatic heterocycles. The smallest absolute Gasteiger partial charge is 0.253 e. The minimum absolute atomic E-state index is 0.0329. The van der Waals surface area contributed by atoms with Crippen LogP contribution in [-0.2, 0) is 0 Å². The highest BCUT2D eigenvalue weighted by molar-refractivity contribution is 5.95. The van der Waals surface area contributed by atoms with E-state index in [1.807, 2.05) is 24.3 Å². The van der Waals surface area contributed by atoms with E-state index in [0.29, 0.717) is 35.5 Å². The summed E-state index contributed by atoms with van der Waals surface area (Å²) in [4.78, 5) is 26.6. The van der Waals surface area contributed by atoms with Crippen LogP contribution in [0.5, 0.6) is 0 Å². The van der Waals surface area contributed by atoms with Crippen LogP contribution < -0.4 is 11.6 Å². The van der Waals surface area contributed by atoms with Crippen molar-refractivity contribution in [1.82, 2.24) is 19.7 Å². The first kappa shape index (κ1) is 24.7. The first-order valence-electron chi connectivity index (χ1n) is 12.5. The van der Waals surface area contributed by atoms with E-state index in [-0.39, 0.29) is 17.7 Å². The number of allylic oxidation sites excluding steroid dienone is 1. The van der Waals surface area contributed by atoms with E-state index in [2.05, 4.69) is 5.10 Å². The van der Waals surface area contributed by atoms with Crippen LogP contribution >= 0.6 is 0 Å². The lowest BCUT2D eigenvalue weighted by Gasteiger charge is -2.27. The fourth-order valence-electron chi connectivity index (χ4n) is 5.21. The van der Waals surface area contributed by atoms with Gasteiger partial charge in [0.25, 0.3) is 5.91 Å². The summed E-state index contributed by atoms with van der Waals surface area (Å²) in [6.45, 7) is 1.40. The fourth-order valence-corrected chi connectivity index (χ4v) is 5.21. The maximum absolute atomic E-state index is 14.6. The predicted octanol–water partition coefficient (Wildman–Crippen LogP) is 3.83. The third-order valence-corrected chi connectivity index (χ3v) is 7.10. The molecule has 2 aliphatic rings. The van der Waals surface area contributed by atoms with Crippen LogP contribution in [0.25, 0.3) is 16.8 Å². The second-order valence-corrected chi connectivity index (χ2v) is 9.89. The van der Waals surface area contributed by atoms with Crippen LogP contribution in [0.3, 0.4) is 0 Å². The van der Waals surface area contributed by atoms with E-state index in [9.17, 15) is 14.0 Å². The van der Waals surface area contributed by atoms with E-state index in [1.54, 1.807) is 35.1 Å². The average molecular weight is 503 g/mol. The molecule has 1 aliphatic carbocycles. The Labute approximate surface area is 215 Å². The van der Waals surface area contributed by atoms with Gasteiger partial charge in [-0.15, -0.1) is 0 Å². The Balaban J connectivity index is 1.47. The summed E-state index contributed by atoms with van der Waals surface area (Å²) in [6.07, 6.45) is 7.87. The summed E-state index contributed by atoms with van der Waals surface area (Å²) in [7, 11) is 1.70. The van der Waals surface area contributed by atoms with Crippen LogP contribution in [-0.4, -0.2) is 52.0 Å². The van der Waals surface area contributed by atoms with Gasteiger partial charge in [0.2, 0.25) is 0 Å². The number of aldehydes is 1. The third-order valence-electron chi connectivity index (χ3n) is 7.10. The molecule has 5 rings (SSSR count). The maximum atomic E-state index is 14.6. The van der Waals surface area contributed by atoms with Crippen LogP contribution in [0.1, 0.15) is 58.0 Å². The van der Waals surface area contributed by atoms with E-state index in [4.69, 9.17) is 11.6 Å². The molecule has 2 aromatic carbocycles. The summed E-state index contributed by atoms with van der Waals surface area (Å²) < 4.78 is 16.4. The van der Waals surface area contributed by atoms with Crippen molar-refractivity contribution < 1.29 is 14.0 Å². The minimum Gasteiger partial charge on any atom is -0.401 e. The second-order valence-electron chi connectivity index (χ2n) is 9.89. The molecule has 1 aliphatic heterocycles. The predicted molar refractivity (Wildman–Crippen MR) is 139 cm³/mol. The number of carbonyl (C=O) groups excluding carboxylic acids is 2. The summed E-state index contributed by atoms with van der Waals surface area (Å²) >= 11 is 0. The van der Waals surface area contributed by atoms with Gasteiger partial charge in [-0.1, -0.05) is 12.1 Å². The molecule has 3 aromatic rings. The standard InChI is InChI=1S/C28H31FN6O2/c1-33(31)16-26(30)24-14-25(24)27-21(17-36)15-32-35(27)23-7-5-6-18(13-23)19-10-20(12-22(29)11-19)28(37)34-8-3-2-4-9-34/h5-7,10-13,15-17,24-25H,2-4,8-9,14,30-31H2,1H3/b26-16-. The van der Waals surface area contributed by atoms with Gasteiger partial charge in [-0.3, -0.25) is 9.59 Å². The maximum Gasteiger partial charge on any atom is 0.253 e. The molecule has 0 bridgehead atoms. The lowest BCUT2D eigenvalue weighted by atomic mass is 10.0. The largest absolute Gasteiger partial charge is 0.401 e. The highest BCUT2D eigenvalue weighted by Gasteiger charge is 2.44. The molecule has 2 heterocycles. The zero-order chi connectivity index (χ0) is 26.1. The molecule has 2 fully saturated rings. The molecular formula is C28H31FN6O2. The van der Waals surface area contributed by atoms with E-state index < -0.39 is 5.82 Å². The summed E-state index contributed by atoms with van der Waals surface area (Å²) in [5, 5.41) is 5.90. The number of nitrogens with zero attached hydrogens (tertiary/aromatic N) is 4. The highest BCUT2D eigenvalue weighted by atomic mass is 19.1. The Morgan fingerprint density at radius 1 is 1.14 bits per heavy atom. The number of aromatic nitrogens is 2. The molecule has 0 spiro atoms. The molecule has 1 amide bonds. The number of piperidine rings is 1. The van der Waals surface area contributed by atoms with Gasteiger partial charge in [-0.2, -0.15) is 5.10 Å². The Morgan fingerprint density at radius 3 is 2.65 bits per heavy atom. The number of hydrogen-bond donors (Lipinski definition) is 2. The fraction of sp³-hybridized carbons (Fsp3) is 0.321. The lowest BCUT2D eigenvalue weighted by molar-refractivity contribution is 0.0723. The first-order chi connectivity index (χ1) is 17.9. The number of carbonyl (C=O) groups is 2. The van der Waals surface area contributed by atoms with Crippen molar-refractivity contribution in [2.45, 2.75) is 31.6 Å². The van der Waals surface area contributed by atoms with Gasteiger partial charge in [0, 0.05) is 49.4 Å². The van der Waals surface area contributed by atoms with Gasteiger partial charge >= 0.3 is 0 Å². The molecule has 1 saturated carbocycles. The average Bonchev–Trinajstić information content (AvgIpc) is 3.58. The zero-order valence-corrected chi connectivity index (χ0v) is 20.8. The van der Waals surface area contributed by atoms with Crippen molar-refractivity contribution in [2.24, 2.45) is 17.5 Å². The monoisotopic (exact) mass is 502 g/mol. The number of likely N-dealkylation sites (tertiary alicyclic amines) is 1. The number of hydrazine groups is 1. The van der Waals surface area contributed by atoms with Crippen LogP contribution in [0.15, 0.2) is 60.6 Å². The van der Waals surface area contributed by atoms with Crippen molar-refractivity contribution in [1.29, 1.82) is 0 Å². The number of hydrogen-bond acceptors (Lipinski definition) is 6. The first-order valence-corrected chi connectivity index (χ1v) is 12.5. The molecule has 0 radical (unpaired) electrons. The second kappa shape index (κ2) is 10.2. The van der Waals surface area contributed by atoms with Crippen molar-refractivity contribution in [3.05, 3.63) is 83.2 Å². The van der Waals surface area contributed by atoms with Crippen LogP contribution in [0.4, 0.5) is 4.39 Å². The summed E-state index contributed by atoms with van der Waals surface area (Å²) in [6, 6.07) is 12.0. The molecule has 8 nitrogen and oxygen atoms in total. The van der Waals surface area contributed by atoms with Gasteiger partial charge in [-0.05, 0) is 67.1 Å². The molecule has 2 unspecified atom stereocenters. The van der Waals surface area contributed by atoms with Gasteiger partial charge in [0.15, 0.2) is 6.29 Å². The van der Waals surface area contributed by atoms with E-state index >= 15 is 0 Å². The number of halogens is 1. The van der Waals surface area contributed by atoms with Gasteiger partial charge < -0.3 is 15.6 Å². The highest BCUT2D eigenvalue weighted by Crippen LogP contribution is 2.51. The molecular weight excluding hydrogens is 471 g/mol. The third kappa shape index (κ3) is 5.13. The molecule has 1 saturated heterocycles. The van der Waals surface area contributed by atoms with E-state index in [0.717, 1.165) is 48.9 Å². The topological polar surface area (TPSA) is 110 Å². The van der Waals surface area contributed by atoms with Crippen molar-refractivity contribution in [3.8, 4) is 16.8 Å². The molecule has 192 valence electrons. The minimum atomic E-state index is -0.459. The Hall–Kier alpha value is -3.98. The van der Waals surface area contributed by atoms with E-state index in [1.165, 1.54) is 17.1 Å². The molecule has 4 N–H and O–H groups in total. The molecule has 37 heavy (non-hydrogen) atoms. The summed E-state index contributed by atoms with van der Waals surface area (Å²) in [5.74, 6) is 5.20. The van der Waals surface area contributed by atoms with Crippen molar-refractivity contribution >= 4 is 12.2 Å². The Morgan fingerprint density at radius 2 is 1.92 bits per heavy atom. The van der Waals surface area contributed by atoms with Crippen molar-refractivity contribution in [3.63, 3.8) is 0 Å². The lowest BCUT2D eigenvalue weighted by Crippen LogP contribution is -2.35. The molecule has 9 heteroatoms.